The number of pyridine rings is 1. The molecule has 0 saturated carbocycles. The van der Waals surface area contributed by atoms with Crippen LogP contribution in [0.4, 0.5) is 0 Å². The molecular formula is C14H25N3. The molecule has 0 amide bonds. The first kappa shape index (κ1) is 14.1. The Balaban J connectivity index is 2.63. The fourth-order valence-electron chi connectivity index (χ4n) is 2.46. The van der Waals surface area contributed by atoms with Crippen LogP contribution in [0.15, 0.2) is 24.5 Å². The van der Waals surface area contributed by atoms with E-state index in [4.69, 9.17) is 5.73 Å². The normalized spacial score (nSPS) is 13.3. The summed E-state index contributed by atoms with van der Waals surface area (Å²) >= 11 is 0. The molecule has 0 saturated heterocycles. The Bertz CT molecular complexity index is 296. The zero-order chi connectivity index (χ0) is 12.7. The second kappa shape index (κ2) is 7.41. The molecule has 0 aromatic carbocycles. The number of aromatic nitrogens is 1. The van der Waals surface area contributed by atoms with Gasteiger partial charge in [0, 0.05) is 31.5 Å². The summed E-state index contributed by atoms with van der Waals surface area (Å²) in [5.74, 6) is 0.682. The maximum absolute atomic E-state index is 5.92. The molecule has 17 heavy (non-hydrogen) atoms. The third-order valence-electron chi connectivity index (χ3n) is 3.56. The van der Waals surface area contributed by atoms with Crippen molar-refractivity contribution in [2.45, 2.75) is 39.3 Å². The lowest BCUT2D eigenvalue weighted by Gasteiger charge is -2.33. The van der Waals surface area contributed by atoms with Gasteiger partial charge in [-0.2, -0.15) is 0 Å². The predicted molar refractivity (Wildman–Crippen MR) is 72.6 cm³/mol. The molecular weight excluding hydrogens is 210 g/mol. The van der Waals surface area contributed by atoms with E-state index in [1.54, 1.807) is 0 Å². The minimum atomic E-state index is 0.463. The van der Waals surface area contributed by atoms with Gasteiger partial charge in [-0.1, -0.05) is 32.8 Å². The minimum absolute atomic E-state index is 0.463. The molecule has 1 heterocycles. The van der Waals surface area contributed by atoms with Crippen molar-refractivity contribution in [2.24, 2.45) is 11.7 Å². The summed E-state index contributed by atoms with van der Waals surface area (Å²) in [4.78, 5) is 6.51. The largest absolute Gasteiger partial charge is 0.329 e. The molecule has 0 aliphatic heterocycles. The summed E-state index contributed by atoms with van der Waals surface area (Å²) in [5, 5.41) is 0. The molecule has 1 aromatic heterocycles. The molecule has 3 nitrogen and oxygen atoms in total. The average Bonchev–Trinajstić information content (AvgIpc) is 2.36. The molecule has 0 fully saturated rings. The first-order valence-electron chi connectivity index (χ1n) is 6.52. The zero-order valence-electron chi connectivity index (χ0n) is 11.3. The van der Waals surface area contributed by atoms with Gasteiger partial charge in [-0.15, -0.1) is 0 Å². The van der Waals surface area contributed by atoms with Crippen LogP contribution < -0.4 is 5.73 Å². The summed E-state index contributed by atoms with van der Waals surface area (Å²) in [6, 6.07) is 4.56. The Hall–Kier alpha value is -0.930. The van der Waals surface area contributed by atoms with Crippen LogP contribution in [-0.2, 0) is 6.54 Å². The van der Waals surface area contributed by atoms with Gasteiger partial charge in [-0.05, 0) is 24.6 Å². The highest BCUT2D eigenvalue weighted by Gasteiger charge is 2.21. The number of rotatable bonds is 7. The lowest BCUT2D eigenvalue weighted by Crippen LogP contribution is -2.42. The molecule has 1 aromatic rings. The van der Waals surface area contributed by atoms with Gasteiger partial charge in [0.1, 0.15) is 0 Å². The molecule has 0 aliphatic rings. The Morgan fingerprint density at radius 3 is 2.53 bits per heavy atom. The van der Waals surface area contributed by atoms with Crippen LogP contribution in [0.5, 0.6) is 0 Å². The van der Waals surface area contributed by atoms with Crippen molar-refractivity contribution in [2.75, 3.05) is 13.6 Å². The highest BCUT2D eigenvalue weighted by molar-refractivity contribution is 5.08. The van der Waals surface area contributed by atoms with Crippen LogP contribution in [0.1, 0.15) is 32.3 Å². The lowest BCUT2D eigenvalue weighted by atomic mass is 9.93. The Morgan fingerprint density at radius 1 is 1.35 bits per heavy atom. The van der Waals surface area contributed by atoms with Crippen molar-refractivity contribution in [3.05, 3.63) is 30.1 Å². The Kier molecular flexibility index (Phi) is 6.16. The van der Waals surface area contributed by atoms with Gasteiger partial charge in [0.2, 0.25) is 0 Å². The van der Waals surface area contributed by atoms with Crippen molar-refractivity contribution in [1.29, 1.82) is 0 Å². The second-order valence-electron chi connectivity index (χ2n) is 4.66. The van der Waals surface area contributed by atoms with E-state index in [0.29, 0.717) is 12.0 Å². The van der Waals surface area contributed by atoms with E-state index in [0.717, 1.165) is 13.1 Å². The van der Waals surface area contributed by atoms with Crippen LogP contribution in [0.3, 0.4) is 0 Å². The van der Waals surface area contributed by atoms with Crippen LogP contribution in [0, 0.1) is 5.92 Å². The number of nitrogens with two attached hydrogens (primary N) is 1. The molecule has 96 valence electrons. The maximum atomic E-state index is 5.92. The van der Waals surface area contributed by atoms with Crippen LogP contribution in [0.2, 0.25) is 0 Å². The van der Waals surface area contributed by atoms with Gasteiger partial charge >= 0.3 is 0 Å². The van der Waals surface area contributed by atoms with E-state index in [1.807, 2.05) is 18.5 Å². The van der Waals surface area contributed by atoms with Crippen molar-refractivity contribution >= 4 is 0 Å². The van der Waals surface area contributed by atoms with Gasteiger partial charge < -0.3 is 5.73 Å². The first-order valence-corrected chi connectivity index (χ1v) is 6.52. The summed E-state index contributed by atoms with van der Waals surface area (Å²) < 4.78 is 0. The quantitative estimate of drug-likeness (QED) is 0.788. The van der Waals surface area contributed by atoms with E-state index in [9.17, 15) is 0 Å². The third-order valence-corrected chi connectivity index (χ3v) is 3.56. The molecule has 0 bridgehead atoms. The van der Waals surface area contributed by atoms with E-state index in [1.165, 1.54) is 18.4 Å². The van der Waals surface area contributed by atoms with Gasteiger partial charge in [0.25, 0.3) is 0 Å². The average molecular weight is 235 g/mol. The molecule has 0 radical (unpaired) electrons. The van der Waals surface area contributed by atoms with Gasteiger partial charge in [0.15, 0.2) is 0 Å². The monoisotopic (exact) mass is 235 g/mol. The van der Waals surface area contributed by atoms with E-state index in [-0.39, 0.29) is 0 Å². The van der Waals surface area contributed by atoms with Crippen molar-refractivity contribution < 1.29 is 0 Å². The van der Waals surface area contributed by atoms with E-state index < -0.39 is 0 Å². The van der Waals surface area contributed by atoms with Crippen LogP contribution in [-0.4, -0.2) is 29.5 Å². The number of nitrogens with zero attached hydrogens (tertiary/aromatic N) is 2. The molecule has 1 unspecified atom stereocenters. The summed E-state index contributed by atoms with van der Waals surface area (Å²) in [7, 11) is 2.16. The Morgan fingerprint density at radius 2 is 2.06 bits per heavy atom. The zero-order valence-corrected chi connectivity index (χ0v) is 11.3. The van der Waals surface area contributed by atoms with Crippen LogP contribution >= 0.6 is 0 Å². The van der Waals surface area contributed by atoms with Crippen molar-refractivity contribution in [3.8, 4) is 0 Å². The van der Waals surface area contributed by atoms with Crippen molar-refractivity contribution in [1.82, 2.24) is 9.88 Å². The highest BCUT2D eigenvalue weighted by Crippen LogP contribution is 2.18. The van der Waals surface area contributed by atoms with Gasteiger partial charge in [-0.3, -0.25) is 9.88 Å². The standard InChI is InChI=1S/C14H25N3/c1-4-13(5-2)14(9-15)17(3)11-12-7-6-8-16-10-12/h6-8,10,13-14H,4-5,9,11,15H2,1-3H3. The highest BCUT2D eigenvalue weighted by atomic mass is 15.1. The molecule has 1 rings (SSSR count). The minimum Gasteiger partial charge on any atom is -0.329 e. The summed E-state index contributed by atoms with van der Waals surface area (Å²) in [6.07, 6.45) is 6.12. The van der Waals surface area contributed by atoms with E-state index in [2.05, 4.69) is 36.8 Å². The second-order valence-corrected chi connectivity index (χ2v) is 4.66. The van der Waals surface area contributed by atoms with Gasteiger partial charge in [-0.25, -0.2) is 0 Å². The van der Waals surface area contributed by atoms with Crippen LogP contribution in [0.25, 0.3) is 0 Å². The topological polar surface area (TPSA) is 42.1 Å². The molecule has 0 spiro atoms. The Labute approximate surface area is 105 Å². The molecule has 1 atom stereocenters. The van der Waals surface area contributed by atoms with Crippen molar-refractivity contribution in [3.63, 3.8) is 0 Å². The van der Waals surface area contributed by atoms with Gasteiger partial charge in [0.05, 0.1) is 0 Å². The lowest BCUT2D eigenvalue weighted by molar-refractivity contribution is 0.165. The summed E-state index contributed by atoms with van der Waals surface area (Å²) in [5.41, 5.74) is 7.17. The number of hydrogen-bond acceptors (Lipinski definition) is 3. The molecule has 2 N–H and O–H groups in total. The smallest absolute Gasteiger partial charge is 0.0312 e. The first-order chi connectivity index (χ1) is 8.22. The maximum Gasteiger partial charge on any atom is 0.0312 e. The fourth-order valence-corrected chi connectivity index (χ4v) is 2.46. The molecule has 0 aliphatic carbocycles. The number of hydrogen-bond donors (Lipinski definition) is 1. The van der Waals surface area contributed by atoms with E-state index >= 15 is 0 Å². The summed E-state index contributed by atoms with van der Waals surface area (Å²) in [6.45, 7) is 6.14. The number of likely N-dealkylation sites (N-methyl/N-ethyl adjacent to an activating group) is 1. The fraction of sp³-hybridized carbons (Fsp3) is 0.643. The predicted octanol–water partition coefficient (Wildman–Crippen LogP) is 2.28. The third kappa shape index (κ3) is 4.10. The molecule has 3 heteroatoms. The SMILES string of the molecule is CCC(CC)C(CN)N(C)Cc1cccnc1.